The van der Waals surface area contributed by atoms with Crippen LogP contribution in [0.15, 0.2) is 58.2 Å². The minimum atomic E-state index is -0.389. The molecule has 7 nitrogen and oxygen atoms in total. The first-order valence-corrected chi connectivity index (χ1v) is 14.4. The van der Waals surface area contributed by atoms with Crippen LogP contribution < -0.4 is 15.4 Å². The smallest absolute Gasteiger partial charge is 0.270 e. The summed E-state index contributed by atoms with van der Waals surface area (Å²) in [6, 6.07) is 14.6. The van der Waals surface area contributed by atoms with Crippen LogP contribution in [0.2, 0.25) is 0 Å². The van der Waals surface area contributed by atoms with Crippen LogP contribution in [-0.4, -0.2) is 45.9 Å². The van der Waals surface area contributed by atoms with Gasteiger partial charge in [-0.1, -0.05) is 48.2 Å². The van der Waals surface area contributed by atoms with Gasteiger partial charge in [-0.15, -0.1) is 0 Å². The second-order valence-electron chi connectivity index (χ2n) is 9.72. The predicted molar refractivity (Wildman–Crippen MR) is 162 cm³/mol. The number of pyridine rings is 1. The number of carbonyl (C=O) groups is 1. The van der Waals surface area contributed by atoms with E-state index in [4.69, 9.17) is 12.2 Å². The van der Waals surface area contributed by atoms with Crippen molar-refractivity contribution in [1.29, 1.82) is 5.26 Å². The van der Waals surface area contributed by atoms with Gasteiger partial charge in [0.2, 0.25) is 0 Å². The minimum absolute atomic E-state index is 0.0219. The van der Waals surface area contributed by atoms with Crippen LogP contribution in [0.25, 0.3) is 6.08 Å². The molecule has 2 saturated heterocycles. The average molecular weight is 592 g/mol. The maximum atomic E-state index is 14.4. The number of hydrogen-bond donors (Lipinski definition) is 0. The quantitative estimate of drug-likeness (QED) is 0.293. The van der Waals surface area contributed by atoms with Gasteiger partial charge in [-0.25, -0.2) is 8.78 Å². The van der Waals surface area contributed by atoms with Gasteiger partial charge in [0.15, 0.2) is 0 Å². The fourth-order valence-corrected chi connectivity index (χ4v) is 6.42. The lowest BCUT2D eigenvalue weighted by Gasteiger charge is -2.39. The van der Waals surface area contributed by atoms with Gasteiger partial charge in [0, 0.05) is 38.3 Å². The largest absolute Gasteiger partial charge is 0.366 e. The topological polar surface area (TPSA) is 72.6 Å². The highest BCUT2D eigenvalue weighted by molar-refractivity contribution is 8.26. The van der Waals surface area contributed by atoms with E-state index in [1.165, 1.54) is 23.1 Å². The molecule has 5 rings (SSSR count). The molecule has 2 aliphatic rings. The zero-order valence-corrected chi connectivity index (χ0v) is 24.2. The molecule has 0 unspecified atom stereocenters. The van der Waals surface area contributed by atoms with Crippen molar-refractivity contribution in [2.24, 2.45) is 0 Å². The Morgan fingerprint density at radius 1 is 1.02 bits per heavy atom. The van der Waals surface area contributed by atoms with Crippen molar-refractivity contribution in [3.05, 3.63) is 97.7 Å². The van der Waals surface area contributed by atoms with Crippen molar-refractivity contribution in [3.8, 4) is 6.07 Å². The number of hydrogen-bond acceptors (Lipinski definition) is 7. The molecular weight excluding hydrogens is 564 g/mol. The molecule has 3 aromatic rings. The van der Waals surface area contributed by atoms with E-state index in [9.17, 15) is 23.6 Å². The fourth-order valence-electron chi connectivity index (χ4n) is 5.19. The molecule has 1 aromatic heterocycles. The summed E-state index contributed by atoms with van der Waals surface area (Å²) in [5.41, 5.74) is 1.98. The van der Waals surface area contributed by atoms with Crippen LogP contribution >= 0.6 is 24.0 Å². The van der Waals surface area contributed by atoms with Gasteiger partial charge < -0.3 is 9.80 Å². The van der Waals surface area contributed by atoms with Gasteiger partial charge in [-0.3, -0.25) is 19.1 Å². The van der Waals surface area contributed by atoms with E-state index in [-0.39, 0.29) is 35.2 Å². The Bertz CT molecular complexity index is 1660. The molecule has 1 amide bonds. The van der Waals surface area contributed by atoms with Crippen molar-refractivity contribution in [2.75, 3.05) is 36.0 Å². The zero-order chi connectivity index (χ0) is 29.3. The molecule has 0 spiro atoms. The maximum Gasteiger partial charge on any atom is 0.270 e. The summed E-state index contributed by atoms with van der Waals surface area (Å²) in [5.74, 6) is -0.335. The lowest BCUT2D eigenvalue weighted by Crippen LogP contribution is -2.49. The Labute approximate surface area is 246 Å². The summed E-state index contributed by atoms with van der Waals surface area (Å²) < 4.78 is 29.8. The second kappa shape index (κ2) is 11.8. The van der Waals surface area contributed by atoms with Crippen LogP contribution in [0.5, 0.6) is 0 Å². The molecule has 210 valence electrons. The number of thioether (sulfide) groups is 1. The number of carbonyl (C=O) groups excluding carboxylic acids is 1. The zero-order valence-electron chi connectivity index (χ0n) is 22.6. The van der Waals surface area contributed by atoms with Crippen molar-refractivity contribution < 1.29 is 13.6 Å². The normalized spacial score (nSPS) is 16.6. The number of nitriles is 1. The first-order valence-electron chi connectivity index (χ1n) is 13.1. The second-order valence-corrected chi connectivity index (χ2v) is 11.4. The van der Waals surface area contributed by atoms with Gasteiger partial charge in [0.05, 0.1) is 17.1 Å². The number of aromatic nitrogens is 1. The molecular formula is C30H27F2N5O2S2. The molecule has 0 saturated carbocycles. The first-order chi connectivity index (χ1) is 19.7. The molecule has 2 aromatic carbocycles. The molecule has 0 bridgehead atoms. The Balaban J connectivity index is 1.51. The van der Waals surface area contributed by atoms with Crippen LogP contribution in [0, 0.1) is 29.9 Å². The van der Waals surface area contributed by atoms with Gasteiger partial charge >= 0.3 is 0 Å². The van der Waals surface area contributed by atoms with Gasteiger partial charge in [-0.05, 0) is 55.3 Å². The molecule has 11 heteroatoms. The standard InChI is InChI=1S/C30H27F2N5O2S2/c1-3-36-27(35-14-12-34(13-15-35)25-7-5-4-6-24(25)32)22(19(2)23(17-33)28(36)38)16-26-29(39)37(30(40)41-26)18-20-8-10-21(31)11-9-20/h4-11,16H,3,12-15,18H2,1-2H3/b26-16-. The number of halogens is 2. The minimum Gasteiger partial charge on any atom is -0.366 e. The van der Waals surface area contributed by atoms with Crippen LogP contribution in [0.3, 0.4) is 0 Å². The van der Waals surface area contributed by atoms with Crippen LogP contribution in [-0.2, 0) is 17.9 Å². The number of benzene rings is 2. The highest BCUT2D eigenvalue weighted by Gasteiger charge is 2.34. The van der Waals surface area contributed by atoms with Crippen molar-refractivity contribution in [3.63, 3.8) is 0 Å². The van der Waals surface area contributed by atoms with Crippen molar-refractivity contribution in [1.82, 2.24) is 9.47 Å². The third kappa shape index (κ3) is 5.49. The molecule has 2 aliphatic heterocycles. The van der Waals surface area contributed by atoms with Crippen LogP contribution in [0.1, 0.15) is 29.2 Å². The van der Waals surface area contributed by atoms with E-state index in [1.54, 1.807) is 47.9 Å². The summed E-state index contributed by atoms with van der Waals surface area (Å²) in [6.07, 6.45) is 1.71. The number of nitrogens with zero attached hydrogens (tertiary/aromatic N) is 5. The van der Waals surface area contributed by atoms with Gasteiger partial charge in [0.25, 0.3) is 11.5 Å². The molecule has 0 aliphatic carbocycles. The summed E-state index contributed by atoms with van der Waals surface area (Å²) in [4.78, 5) is 32.7. The Hall–Kier alpha value is -4.01. The van der Waals surface area contributed by atoms with Gasteiger partial charge in [0.1, 0.15) is 33.4 Å². The Morgan fingerprint density at radius 2 is 1.68 bits per heavy atom. The fraction of sp³-hybridized carbons (Fsp3) is 0.267. The van der Waals surface area contributed by atoms with Crippen molar-refractivity contribution in [2.45, 2.75) is 26.9 Å². The highest BCUT2D eigenvalue weighted by atomic mass is 32.2. The van der Waals surface area contributed by atoms with E-state index < -0.39 is 0 Å². The van der Waals surface area contributed by atoms with E-state index in [2.05, 4.69) is 4.90 Å². The lowest BCUT2D eigenvalue weighted by atomic mass is 10.0. The molecule has 0 atom stereocenters. The summed E-state index contributed by atoms with van der Waals surface area (Å²) in [5, 5.41) is 9.84. The predicted octanol–water partition coefficient (Wildman–Crippen LogP) is 5.05. The number of para-hydroxylation sites is 1. The Morgan fingerprint density at radius 3 is 2.32 bits per heavy atom. The Kier molecular flexibility index (Phi) is 8.24. The summed E-state index contributed by atoms with van der Waals surface area (Å²) in [6.45, 7) is 6.13. The monoisotopic (exact) mass is 591 g/mol. The lowest BCUT2D eigenvalue weighted by molar-refractivity contribution is -0.122. The summed E-state index contributed by atoms with van der Waals surface area (Å²) in [7, 11) is 0. The molecule has 3 heterocycles. The third-order valence-electron chi connectivity index (χ3n) is 7.34. The number of amides is 1. The van der Waals surface area contributed by atoms with E-state index >= 15 is 0 Å². The van der Waals surface area contributed by atoms with Crippen molar-refractivity contribution >= 4 is 51.8 Å². The number of rotatable bonds is 6. The average Bonchev–Trinajstić information content (AvgIpc) is 3.23. The summed E-state index contributed by atoms with van der Waals surface area (Å²) >= 11 is 6.66. The van der Waals surface area contributed by atoms with Gasteiger partial charge in [-0.2, -0.15) is 5.26 Å². The van der Waals surface area contributed by atoms with E-state index in [0.29, 0.717) is 64.6 Å². The SMILES string of the molecule is CCn1c(N2CCN(c3ccccc3F)CC2)c(/C=C2\SC(=S)N(Cc3ccc(F)cc3)C2=O)c(C)c(C#N)c1=O. The highest BCUT2D eigenvalue weighted by Crippen LogP contribution is 2.37. The molecule has 2 fully saturated rings. The number of anilines is 2. The van der Waals surface area contributed by atoms with E-state index in [0.717, 1.165) is 17.3 Å². The third-order valence-corrected chi connectivity index (χ3v) is 8.72. The molecule has 0 N–H and O–H groups in total. The molecule has 41 heavy (non-hydrogen) atoms. The number of thiocarbonyl (C=S) groups is 1. The first kappa shape index (κ1) is 28.5. The maximum absolute atomic E-state index is 14.4. The van der Waals surface area contributed by atoms with Crippen LogP contribution in [0.4, 0.5) is 20.3 Å². The molecule has 0 radical (unpaired) electrons. The van der Waals surface area contributed by atoms with E-state index in [1.807, 2.05) is 17.9 Å². The number of piperazine rings is 1.